The predicted molar refractivity (Wildman–Crippen MR) is 52.1 cm³/mol. The zero-order valence-electron chi connectivity index (χ0n) is 8.53. The first-order valence-electron chi connectivity index (χ1n) is 4.51. The summed E-state index contributed by atoms with van der Waals surface area (Å²) in [5.74, 6) is -1.59. The molecule has 0 radical (unpaired) electrons. The standard InChI is InChI=1S/C8H11N3O5/c1-5(4-12)2-10-3-6(11(15)16)7(9-10)8(13)14/h3,5,12H,2,4H2,1H3,(H,13,14). The highest BCUT2D eigenvalue weighted by Gasteiger charge is 2.25. The van der Waals surface area contributed by atoms with Gasteiger partial charge in [-0.3, -0.25) is 14.8 Å². The Labute approximate surface area is 90.3 Å². The van der Waals surface area contributed by atoms with Crippen LogP contribution in [0.4, 0.5) is 5.69 Å². The molecule has 0 aliphatic heterocycles. The van der Waals surface area contributed by atoms with Gasteiger partial charge in [0.2, 0.25) is 5.69 Å². The molecular weight excluding hydrogens is 218 g/mol. The topological polar surface area (TPSA) is 118 Å². The molecule has 1 rings (SSSR count). The van der Waals surface area contributed by atoms with Gasteiger partial charge in [-0.05, 0) is 5.92 Å². The highest BCUT2D eigenvalue weighted by Crippen LogP contribution is 2.17. The first kappa shape index (κ1) is 12.1. The lowest BCUT2D eigenvalue weighted by Gasteiger charge is -2.05. The van der Waals surface area contributed by atoms with Gasteiger partial charge >= 0.3 is 11.7 Å². The first-order valence-corrected chi connectivity index (χ1v) is 4.51. The average molecular weight is 229 g/mol. The van der Waals surface area contributed by atoms with Gasteiger partial charge in [0.1, 0.15) is 6.20 Å². The molecule has 88 valence electrons. The fourth-order valence-electron chi connectivity index (χ4n) is 1.17. The van der Waals surface area contributed by atoms with Crippen molar-refractivity contribution < 1.29 is 19.9 Å². The van der Waals surface area contributed by atoms with Crippen molar-refractivity contribution in [3.63, 3.8) is 0 Å². The van der Waals surface area contributed by atoms with E-state index in [1.165, 1.54) is 0 Å². The summed E-state index contributed by atoms with van der Waals surface area (Å²) >= 11 is 0. The first-order chi connectivity index (χ1) is 7.45. The quantitative estimate of drug-likeness (QED) is 0.546. The predicted octanol–water partition coefficient (Wildman–Crippen LogP) is 0.118. The highest BCUT2D eigenvalue weighted by atomic mass is 16.6. The molecule has 0 aliphatic rings. The lowest BCUT2D eigenvalue weighted by Crippen LogP contribution is -2.12. The Balaban J connectivity index is 3.02. The van der Waals surface area contributed by atoms with Crippen LogP contribution in [-0.4, -0.2) is 37.5 Å². The van der Waals surface area contributed by atoms with Gasteiger partial charge in [0.25, 0.3) is 0 Å². The third kappa shape index (κ3) is 2.54. The second-order valence-corrected chi connectivity index (χ2v) is 3.43. The number of carboxylic acid groups (broad SMARTS) is 1. The van der Waals surface area contributed by atoms with Gasteiger partial charge in [-0.15, -0.1) is 0 Å². The van der Waals surface area contributed by atoms with Crippen molar-refractivity contribution in [3.8, 4) is 0 Å². The summed E-state index contributed by atoms with van der Waals surface area (Å²) in [5.41, 5.74) is -1.13. The number of carbonyl (C=O) groups is 1. The molecular formula is C8H11N3O5. The van der Waals surface area contributed by atoms with Crippen molar-refractivity contribution in [3.05, 3.63) is 22.0 Å². The van der Waals surface area contributed by atoms with Gasteiger partial charge in [-0.25, -0.2) is 4.79 Å². The minimum Gasteiger partial charge on any atom is -0.476 e. The Kier molecular flexibility index (Phi) is 3.56. The van der Waals surface area contributed by atoms with Gasteiger partial charge in [0, 0.05) is 13.2 Å². The highest BCUT2D eigenvalue weighted by molar-refractivity contribution is 5.89. The van der Waals surface area contributed by atoms with Gasteiger partial charge in [-0.1, -0.05) is 6.92 Å². The maximum atomic E-state index is 10.7. The van der Waals surface area contributed by atoms with Crippen LogP contribution in [0.25, 0.3) is 0 Å². The molecule has 0 aliphatic carbocycles. The van der Waals surface area contributed by atoms with E-state index in [-0.39, 0.29) is 19.1 Å². The summed E-state index contributed by atoms with van der Waals surface area (Å²) in [7, 11) is 0. The van der Waals surface area contributed by atoms with Crippen LogP contribution >= 0.6 is 0 Å². The zero-order valence-corrected chi connectivity index (χ0v) is 8.53. The number of carboxylic acids is 1. The van der Waals surface area contributed by atoms with Gasteiger partial charge < -0.3 is 10.2 Å². The smallest absolute Gasteiger partial charge is 0.363 e. The molecule has 1 heterocycles. The SMILES string of the molecule is CC(CO)Cn1cc([N+](=O)[O-])c(C(=O)O)n1. The van der Waals surface area contributed by atoms with Crippen molar-refractivity contribution in [1.82, 2.24) is 9.78 Å². The molecule has 16 heavy (non-hydrogen) atoms. The molecule has 8 nitrogen and oxygen atoms in total. The van der Waals surface area contributed by atoms with Crippen LogP contribution in [0, 0.1) is 16.0 Å². The number of aromatic carboxylic acids is 1. The minimum atomic E-state index is -1.44. The summed E-state index contributed by atoms with van der Waals surface area (Å²) in [6.45, 7) is 1.84. The molecule has 1 atom stereocenters. The van der Waals surface area contributed by atoms with Gasteiger partial charge in [-0.2, -0.15) is 5.10 Å². The molecule has 1 aromatic heterocycles. The van der Waals surface area contributed by atoms with Gasteiger partial charge in [0.05, 0.1) is 4.92 Å². The number of nitro groups is 1. The van der Waals surface area contributed by atoms with Crippen LogP contribution < -0.4 is 0 Å². The van der Waals surface area contributed by atoms with Crippen molar-refractivity contribution in [1.29, 1.82) is 0 Å². The Hall–Kier alpha value is -1.96. The van der Waals surface area contributed by atoms with Crippen molar-refractivity contribution in [2.24, 2.45) is 5.92 Å². The van der Waals surface area contributed by atoms with E-state index in [9.17, 15) is 14.9 Å². The summed E-state index contributed by atoms with van der Waals surface area (Å²) in [6.07, 6.45) is 1.05. The zero-order chi connectivity index (χ0) is 12.3. The fourth-order valence-corrected chi connectivity index (χ4v) is 1.17. The van der Waals surface area contributed by atoms with Crippen LogP contribution in [-0.2, 0) is 6.54 Å². The number of aliphatic hydroxyl groups is 1. The van der Waals surface area contributed by atoms with E-state index in [4.69, 9.17) is 10.2 Å². The van der Waals surface area contributed by atoms with Crippen molar-refractivity contribution in [2.75, 3.05) is 6.61 Å². The number of hydrogen-bond acceptors (Lipinski definition) is 5. The van der Waals surface area contributed by atoms with E-state index in [1.807, 2.05) is 0 Å². The molecule has 0 fully saturated rings. The number of aromatic nitrogens is 2. The van der Waals surface area contributed by atoms with E-state index in [1.54, 1.807) is 6.92 Å². The largest absolute Gasteiger partial charge is 0.476 e. The Morgan fingerprint density at radius 1 is 1.75 bits per heavy atom. The number of hydrogen-bond donors (Lipinski definition) is 2. The number of rotatable bonds is 5. The van der Waals surface area contributed by atoms with Crippen molar-refractivity contribution >= 4 is 11.7 Å². The molecule has 2 N–H and O–H groups in total. The molecule has 0 amide bonds. The molecule has 1 aromatic rings. The fraction of sp³-hybridized carbons (Fsp3) is 0.500. The maximum Gasteiger partial charge on any atom is 0.363 e. The van der Waals surface area contributed by atoms with Gasteiger partial charge in [0.15, 0.2) is 0 Å². The van der Waals surface area contributed by atoms with E-state index in [2.05, 4.69) is 5.10 Å². The number of nitrogens with zero attached hydrogens (tertiary/aromatic N) is 3. The Bertz CT molecular complexity index is 382. The van der Waals surface area contributed by atoms with Crippen LogP contribution in [0.1, 0.15) is 17.4 Å². The monoisotopic (exact) mass is 229 g/mol. The molecule has 0 saturated heterocycles. The van der Waals surface area contributed by atoms with E-state index in [0.717, 1.165) is 10.9 Å². The van der Waals surface area contributed by atoms with Crippen molar-refractivity contribution in [2.45, 2.75) is 13.5 Å². The average Bonchev–Trinajstić information content (AvgIpc) is 2.61. The molecule has 0 bridgehead atoms. The molecule has 0 saturated carbocycles. The van der Waals surface area contributed by atoms with Crippen LogP contribution in [0.5, 0.6) is 0 Å². The minimum absolute atomic E-state index is 0.101. The maximum absolute atomic E-state index is 10.7. The summed E-state index contributed by atoms with van der Waals surface area (Å²) in [4.78, 5) is 20.4. The second kappa shape index (κ2) is 4.71. The van der Waals surface area contributed by atoms with Crippen LogP contribution in [0.3, 0.4) is 0 Å². The molecule has 0 aromatic carbocycles. The molecule has 1 unspecified atom stereocenters. The summed E-state index contributed by atoms with van der Waals surface area (Å²) in [6, 6.07) is 0. The van der Waals surface area contributed by atoms with E-state index in [0.29, 0.717) is 0 Å². The second-order valence-electron chi connectivity index (χ2n) is 3.43. The third-order valence-corrected chi connectivity index (χ3v) is 1.95. The van der Waals surface area contributed by atoms with Crippen LogP contribution in [0.2, 0.25) is 0 Å². The summed E-state index contributed by atoms with van der Waals surface area (Å²) in [5, 5.41) is 31.6. The Morgan fingerprint density at radius 3 is 2.75 bits per heavy atom. The molecule has 8 heteroatoms. The molecule has 0 spiro atoms. The summed E-state index contributed by atoms with van der Waals surface area (Å²) < 4.78 is 1.16. The van der Waals surface area contributed by atoms with E-state index >= 15 is 0 Å². The normalized spacial score (nSPS) is 12.4. The van der Waals surface area contributed by atoms with Crippen LogP contribution in [0.15, 0.2) is 6.20 Å². The lowest BCUT2D eigenvalue weighted by molar-refractivity contribution is -0.385. The number of aliphatic hydroxyl groups excluding tert-OH is 1. The third-order valence-electron chi connectivity index (χ3n) is 1.95. The van der Waals surface area contributed by atoms with E-state index < -0.39 is 22.3 Å². The Morgan fingerprint density at radius 2 is 2.38 bits per heavy atom. The lowest BCUT2D eigenvalue weighted by atomic mass is 10.2.